The van der Waals surface area contributed by atoms with E-state index in [1.54, 1.807) is 38.1 Å². The second-order valence-electron chi connectivity index (χ2n) is 6.02. The number of hydrogen-bond donors (Lipinski definition) is 0. The minimum Gasteiger partial charge on any atom is -0.492 e. The highest BCUT2D eigenvalue weighted by molar-refractivity contribution is 9.10. The van der Waals surface area contributed by atoms with Crippen LogP contribution in [0.15, 0.2) is 53.0 Å². The van der Waals surface area contributed by atoms with E-state index in [0.29, 0.717) is 6.61 Å². The van der Waals surface area contributed by atoms with E-state index in [1.807, 2.05) is 24.3 Å². The molecule has 0 bridgehead atoms. The lowest BCUT2D eigenvalue weighted by Gasteiger charge is -2.17. The van der Waals surface area contributed by atoms with Gasteiger partial charge in [0.25, 0.3) is 0 Å². The lowest BCUT2D eigenvalue weighted by molar-refractivity contribution is 0.100. The van der Waals surface area contributed by atoms with E-state index in [9.17, 15) is 9.59 Å². The molecule has 0 aromatic heterocycles. The van der Waals surface area contributed by atoms with Gasteiger partial charge in [-0.25, -0.2) is 0 Å². The highest BCUT2D eigenvalue weighted by Gasteiger charge is 2.01. The van der Waals surface area contributed by atoms with Crippen molar-refractivity contribution in [2.45, 2.75) is 27.7 Å². The molecule has 0 N–H and O–H groups in total. The Morgan fingerprint density at radius 3 is 1.70 bits per heavy atom. The van der Waals surface area contributed by atoms with Crippen LogP contribution in [0.5, 0.6) is 5.75 Å². The topological polar surface area (TPSA) is 46.6 Å². The number of Topliss-reactive ketones (excluding diaryl/α,β-unsaturated/α-hetero) is 2. The van der Waals surface area contributed by atoms with Crippen LogP contribution in [0.25, 0.3) is 0 Å². The molecule has 27 heavy (non-hydrogen) atoms. The molecule has 5 heteroatoms. The number of rotatable bonds is 8. The Hall–Kier alpha value is -1.98. The number of likely N-dealkylation sites (N-methyl/N-ethyl adjacent to an activating group) is 1. The molecular formula is C22H28BrNO3. The van der Waals surface area contributed by atoms with Gasteiger partial charge in [0.1, 0.15) is 12.4 Å². The number of carbonyl (C=O) groups is 2. The van der Waals surface area contributed by atoms with Crippen molar-refractivity contribution in [2.75, 3.05) is 26.2 Å². The van der Waals surface area contributed by atoms with Crippen molar-refractivity contribution in [3.05, 3.63) is 64.1 Å². The fourth-order valence-corrected chi connectivity index (χ4v) is 2.57. The molecule has 0 aliphatic carbocycles. The van der Waals surface area contributed by atoms with Gasteiger partial charge in [-0.05, 0) is 63.3 Å². The highest BCUT2D eigenvalue weighted by Crippen LogP contribution is 2.12. The van der Waals surface area contributed by atoms with E-state index in [0.717, 1.165) is 41.0 Å². The first-order chi connectivity index (χ1) is 12.9. The molecule has 0 atom stereocenters. The fraction of sp³-hybridized carbons (Fsp3) is 0.364. The highest BCUT2D eigenvalue weighted by atomic mass is 79.9. The maximum absolute atomic E-state index is 11.1. The second-order valence-corrected chi connectivity index (χ2v) is 6.93. The third-order valence-corrected chi connectivity index (χ3v) is 4.61. The van der Waals surface area contributed by atoms with Gasteiger partial charge in [-0.2, -0.15) is 0 Å². The zero-order valence-corrected chi connectivity index (χ0v) is 18.1. The van der Waals surface area contributed by atoms with Crippen LogP contribution < -0.4 is 4.74 Å². The second kappa shape index (κ2) is 12.4. The fourth-order valence-electron chi connectivity index (χ4n) is 2.30. The Labute approximate surface area is 170 Å². The first-order valence-electron chi connectivity index (χ1n) is 9.10. The molecule has 2 aromatic carbocycles. The lowest BCUT2D eigenvalue weighted by atomic mass is 10.1. The normalized spacial score (nSPS) is 10.1. The zero-order chi connectivity index (χ0) is 20.2. The Kier molecular flexibility index (Phi) is 10.6. The first-order valence-corrected chi connectivity index (χ1v) is 9.89. The van der Waals surface area contributed by atoms with Crippen LogP contribution in [0, 0.1) is 0 Å². The maximum atomic E-state index is 11.1. The van der Waals surface area contributed by atoms with Crippen LogP contribution in [-0.4, -0.2) is 42.7 Å². The van der Waals surface area contributed by atoms with Gasteiger partial charge in [-0.15, -0.1) is 0 Å². The van der Waals surface area contributed by atoms with Crippen LogP contribution in [0.3, 0.4) is 0 Å². The monoisotopic (exact) mass is 433 g/mol. The van der Waals surface area contributed by atoms with Crippen molar-refractivity contribution in [3.63, 3.8) is 0 Å². The van der Waals surface area contributed by atoms with E-state index in [1.165, 1.54) is 0 Å². The van der Waals surface area contributed by atoms with Gasteiger partial charge in [0, 0.05) is 22.1 Å². The van der Waals surface area contributed by atoms with Gasteiger partial charge >= 0.3 is 0 Å². The van der Waals surface area contributed by atoms with Gasteiger partial charge in [-0.3, -0.25) is 9.59 Å². The smallest absolute Gasteiger partial charge is 0.159 e. The van der Waals surface area contributed by atoms with Gasteiger partial charge in [-0.1, -0.05) is 41.9 Å². The average molecular weight is 434 g/mol. The summed E-state index contributed by atoms with van der Waals surface area (Å²) < 4.78 is 6.62. The van der Waals surface area contributed by atoms with E-state index in [2.05, 4.69) is 34.7 Å². The predicted octanol–water partition coefficient (Wildman–Crippen LogP) is 5.26. The summed E-state index contributed by atoms with van der Waals surface area (Å²) in [5, 5.41) is 0. The molecule has 0 aliphatic heterocycles. The molecule has 2 aromatic rings. The summed E-state index contributed by atoms with van der Waals surface area (Å²) in [5.41, 5.74) is 1.48. The quantitative estimate of drug-likeness (QED) is 0.532. The van der Waals surface area contributed by atoms with E-state index in [4.69, 9.17) is 4.74 Å². The molecule has 0 heterocycles. The molecule has 0 saturated carbocycles. The standard InChI is InChI=1S/C14H21NO2.C8H7BrO/c1-4-15(5-2)10-11-17-14-8-6-13(7-9-14)12(3)16;1-6(10)7-2-4-8(9)5-3-7/h6-9H,4-5,10-11H2,1-3H3;2-5H,1H3. The summed E-state index contributed by atoms with van der Waals surface area (Å²) in [6.07, 6.45) is 0. The largest absolute Gasteiger partial charge is 0.492 e. The summed E-state index contributed by atoms with van der Waals surface area (Å²) in [6, 6.07) is 14.6. The van der Waals surface area contributed by atoms with E-state index >= 15 is 0 Å². The molecule has 0 aliphatic rings. The third-order valence-electron chi connectivity index (χ3n) is 4.08. The van der Waals surface area contributed by atoms with Crippen LogP contribution in [0.1, 0.15) is 48.4 Å². The molecule has 0 spiro atoms. The lowest BCUT2D eigenvalue weighted by Crippen LogP contribution is -2.27. The molecule has 0 amide bonds. The van der Waals surface area contributed by atoms with Crippen molar-refractivity contribution in [2.24, 2.45) is 0 Å². The Bertz CT molecular complexity index is 707. The van der Waals surface area contributed by atoms with E-state index < -0.39 is 0 Å². The summed E-state index contributed by atoms with van der Waals surface area (Å²) in [6.45, 7) is 11.1. The SMILES string of the molecule is CC(=O)c1ccc(Br)cc1.CCN(CC)CCOc1ccc(C(C)=O)cc1. The molecule has 0 fully saturated rings. The third kappa shape index (κ3) is 8.98. The minimum absolute atomic E-state index is 0.0830. The molecule has 146 valence electrons. The van der Waals surface area contributed by atoms with Gasteiger partial charge in [0.15, 0.2) is 11.6 Å². The molecule has 2 rings (SSSR count). The molecule has 4 nitrogen and oxygen atoms in total. The molecular weight excluding hydrogens is 406 g/mol. The van der Waals surface area contributed by atoms with Crippen molar-refractivity contribution in [1.29, 1.82) is 0 Å². The summed E-state index contributed by atoms with van der Waals surface area (Å²) >= 11 is 3.28. The summed E-state index contributed by atoms with van der Waals surface area (Å²) in [5.74, 6) is 1.01. The zero-order valence-electron chi connectivity index (χ0n) is 16.5. The van der Waals surface area contributed by atoms with Crippen LogP contribution in [0.4, 0.5) is 0 Å². The minimum atomic E-state index is 0.0830. The number of ketones is 2. The van der Waals surface area contributed by atoms with Gasteiger partial charge < -0.3 is 9.64 Å². The maximum Gasteiger partial charge on any atom is 0.159 e. The average Bonchev–Trinajstić information content (AvgIpc) is 2.66. The van der Waals surface area contributed by atoms with Crippen molar-refractivity contribution < 1.29 is 14.3 Å². The van der Waals surface area contributed by atoms with Crippen molar-refractivity contribution in [1.82, 2.24) is 4.90 Å². The van der Waals surface area contributed by atoms with Crippen LogP contribution in [0.2, 0.25) is 0 Å². The van der Waals surface area contributed by atoms with Crippen LogP contribution in [-0.2, 0) is 0 Å². The molecule has 0 unspecified atom stereocenters. The summed E-state index contributed by atoms with van der Waals surface area (Å²) in [4.78, 5) is 24.1. The van der Waals surface area contributed by atoms with Gasteiger partial charge in [0.05, 0.1) is 0 Å². The van der Waals surface area contributed by atoms with E-state index in [-0.39, 0.29) is 11.6 Å². The number of hydrogen-bond acceptors (Lipinski definition) is 4. The molecule has 0 saturated heterocycles. The Balaban J connectivity index is 0.000000309. The molecule has 0 radical (unpaired) electrons. The number of benzene rings is 2. The van der Waals surface area contributed by atoms with Gasteiger partial charge in [0.2, 0.25) is 0 Å². The predicted molar refractivity (Wildman–Crippen MR) is 114 cm³/mol. The number of halogens is 1. The number of carbonyl (C=O) groups excluding carboxylic acids is 2. The Morgan fingerprint density at radius 1 is 0.852 bits per heavy atom. The summed E-state index contributed by atoms with van der Waals surface area (Å²) in [7, 11) is 0. The Morgan fingerprint density at radius 2 is 1.30 bits per heavy atom. The van der Waals surface area contributed by atoms with Crippen molar-refractivity contribution in [3.8, 4) is 5.75 Å². The van der Waals surface area contributed by atoms with Crippen molar-refractivity contribution >= 4 is 27.5 Å². The van der Waals surface area contributed by atoms with Crippen LogP contribution >= 0.6 is 15.9 Å². The number of nitrogens with zero attached hydrogens (tertiary/aromatic N) is 1. The first kappa shape index (κ1) is 23.1. The number of ether oxygens (including phenoxy) is 1.